The van der Waals surface area contributed by atoms with Gasteiger partial charge in [-0.1, -0.05) is 35.9 Å². The van der Waals surface area contributed by atoms with Crippen LogP contribution >= 0.6 is 11.6 Å². The van der Waals surface area contributed by atoms with Crippen molar-refractivity contribution in [3.05, 3.63) is 87.9 Å². The summed E-state index contributed by atoms with van der Waals surface area (Å²) in [7, 11) is 1.60. The summed E-state index contributed by atoms with van der Waals surface area (Å²) in [6.07, 6.45) is 1.55. The van der Waals surface area contributed by atoms with Gasteiger partial charge in [-0.25, -0.2) is 4.79 Å². The molecule has 2 aliphatic rings. The third-order valence-corrected chi connectivity index (χ3v) is 9.11. The number of benzene rings is 3. The fourth-order valence-corrected chi connectivity index (χ4v) is 6.63. The van der Waals surface area contributed by atoms with Crippen molar-refractivity contribution >= 4 is 29.2 Å². The summed E-state index contributed by atoms with van der Waals surface area (Å²) in [4.78, 5) is 30.0. The number of rotatable bonds is 8. The van der Waals surface area contributed by atoms with Gasteiger partial charge >= 0.3 is 6.03 Å². The van der Waals surface area contributed by atoms with E-state index < -0.39 is 11.6 Å². The molecular formula is C36H44ClN3O5. The minimum atomic E-state index is -1.09. The summed E-state index contributed by atoms with van der Waals surface area (Å²) in [5, 5.41) is 15.3. The van der Waals surface area contributed by atoms with Crippen molar-refractivity contribution in [3.8, 4) is 11.5 Å². The van der Waals surface area contributed by atoms with Gasteiger partial charge in [0.2, 0.25) is 5.91 Å². The molecule has 2 atom stereocenters. The van der Waals surface area contributed by atoms with Crippen LogP contribution in [0, 0.1) is 5.92 Å². The van der Waals surface area contributed by atoms with Gasteiger partial charge in [0.05, 0.1) is 31.3 Å². The third-order valence-electron chi connectivity index (χ3n) is 8.86. The molecule has 2 unspecified atom stereocenters. The van der Waals surface area contributed by atoms with E-state index in [-0.39, 0.29) is 36.4 Å². The van der Waals surface area contributed by atoms with E-state index in [9.17, 15) is 14.7 Å². The van der Waals surface area contributed by atoms with Crippen molar-refractivity contribution in [2.24, 2.45) is 5.92 Å². The molecule has 45 heavy (non-hydrogen) atoms. The Labute approximate surface area is 271 Å². The average Bonchev–Trinajstić information content (AvgIpc) is 3.00. The van der Waals surface area contributed by atoms with Crippen molar-refractivity contribution < 1.29 is 24.2 Å². The van der Waals surface area contributed by atoms with Crippen molar-refractivity contribution in [1.29, 1.82) is 0 Å². The molecule has 0 aliphatic carbocycles. The Hall–Kier alpha value is -3.75. The first-order valence-corrected chi connectivity index (χ1v) is 16.1. The minimum absolute atomic E-state index is 0.00822. The Kier molecular flexibility index (Phi) is 9.65. The lowest BCUT2D eigenvalue weighted by Crippen LogP contribution is -2.49. The van der Waals surface area contributed by atoms with Crippen molar-refractivity contribution in [1.82, 2.24) is 10.2 Å². The number of amides is 3. The lowest BCUT2D eigenvalue weighted by molar-refractivity contribution is -0.118. The number of aliphatic hydroxyl groups is 1. The molecule has 1 fully saturated rings. The summed E-state index contributed by atoms with van der Waals surface area (Å²) >= 11 is 6.26. The predicted molar refractivity (Wildman–Crippen MR) is 177 cm³/mol. The Bertz CT molecular complexity index is 1510. The standard InChI is InChI=1S/C36H44ClN3O5/c1-22(2)38-35(42)39-17-15-27(16-18-39)36(5,43)26-9-13-29(14-10-26)40-33(41)20-25-19-31(44-6)32(45-23(3)4)21-30(25)34(40)24-7-11-28(37)12-8-24/h7-14,19,21-23,27,34,43H,15-18,20H2,1-6H3,(H,38,42). The summed E-state index contributed by atoms with van der Waals surface area (Å²) in [5.74, 6) is 1.16. The first kappa shape index (κ1) is 32.6. The zero-order valence-corrected chi connectivity index (χ0v) is 27.7. The van der Waals surface area contributed by atoms with Crippen LogP contribution in [-0.2, 0) is 16.8 Å². The molecule has 0 aromatic heterocycles. The van der Waals surface area contributed by atoms with Crippen molar-refractivity contribution in [3.63, 3.8) is 0 Å². The second-order valence-electron chi connectivity index (χ2n) is 12.8. The molecule has 9 heteroatoms. The maximum atomic E-state index is 13.9. The van der Waals surface area contributed by atoms with E-state index in [4.69, 9.17) is 21.1 Å². The van der Waals surface area contributed by atoms with Crippen LogP contribution in [0.15, 0.2) is 60.7 Å². The lowest BCUT2D eigenvalue weighted by atomic mass is 9.77. The van der Waals surface area contributed by atoms with Crippen LogP contribution in [-0.4, -0.2) is 54.3 Å². The second-order valence-corrected chi connectivity index (χ2v) is 13.3. The highest BCUT2D eigenvalue weighted by Crippen LogP contribution is 2.44. The maximum absolute atomic E-state index is 13.9. The highest BCUT2D eigenvalue weighted by molar-refractivity contribution is 6.30. The number of fused-ring (bicyclic) bond motifs is 1. The SMILES string of the molecule is COc1cc2c(cc1OC(C)C)C(c1ccc(Cl)cc1)N(c1ccc(C(C)(O)C3CCN(C(=O)NC(C)C)CC3)cc1)C(=O)C2. The van der Waals surface area contributed by atoms with Crippen LogP contribution in [0.1, 0.15) is 75.8 Å². The van der Waals surface area contributed by atoms with E-state index in [1.165, 1.54) is 0 Å². The number of piperidine rings is 1. The van der Waals surface area contributed by atoms with Gasteiger partial charge in [0, 0.05) is 29.8 Å². The molecule has 3 amide bonds. The first-order valence-electron chi connectivity index (χ1n) is 15.7. The molecule has 2 heterocycles. The average molecular weight is 634 g/mol. The number of nitrogens with zero attached hydrogens (tertiary/aromatic N) is 2. The highest BCUT2D eigenvalue weighted by Gasteiger charge is 2.39. The largest absolute Gasteiger partial charge is 0.493 e. The molecule has 1 saturated heterocycles. The van der Waals surface area contributed by atoms with Crippen molar-refractivity contribution in [2.45, 2.75) is 77.7 Å². The molecule has 0 spiro atoms. The lowest BCUT2D eigenvalue weighted by Gasteiger charge is -2.40. The molecule has 0 radical (unpaired) electrons. The van der Waals surface area contributed by atoms with Gasteiger partial charge in [-0.05, 0) is 112 Å². The maximum Gasteiger partial charge on any atom is 0.317 e. The van der Waals surface area contributed by atoms with E-state index in [1.54, 1.807) is 7.11 Å². The van der Waals surface area contributed by atoms with Gasteiger partial charge in [-0.3, -0.25) is 4.79 Å². The monoisotopic (exact) mass is 633 g/mol. The van der Waals surface area contributed by atoms with E-state index in [2.05, 4.69) is 5.32 Å². The number of likely N-dealkylation sites (tertiary alicyclic amines) is 1. The van der Waals surface area contributed by atoms with E-state index in [0.29, 0.717) is 42.5 Å². The number of ether oxygens (including phenoxy) is 2. The van der Waals surface area contributed by atoms with Gasteiger partial charge in [0.25, 0.3) is 0 Å². The minimum Gasteiger partial charge on any atom is -0.493 e. The number of hydrogen-bond donors (Lipinski definition) is 2. The smallest absolute Gasteiger partial charge is 0.317 e. The zero-order valence-electron chi connectivity index (χ0n) is 27.0. The molecular weight excluding hydrogens is 590 g/mol. The van der Waals surface area contributed by atoms with Crippen LogP contribution in [0.5, 0.6) is 11.5 Å². The van der Waals surface area contributed by atoms with Crippen LogP contribution in [0.25, 0.3) is 0 Å². The van der Waals surface area contributed by atoms with Crippen LogP contribution < -0.4 is 19.7 Å². The fraction of sp³-hybridized carbons (Fsp3) is 0.444. The number of urea groups is 1. The van der Waals surface area contributed by atoms with Gasteiger partial charge in [-0.2, -0.15) is 0 Å². The van der Waals surface area contributed by atoms with E-state index >= 15 is 0 Å². The number of anilines is 1. The number of hydrogen-bond acceptors (Lipinski definition) is 5. The summed E-state index contributed by atoms with van der Waals surface area (Å²) in [6, 6.07) is 18.7. The molecule has 3 aromatic rings. The van der Waals surface area contributed by atoms with Crippen LogP contribution in [0.3, 0.4) is 0 Å². The fourth-order valence-electron chi connectivity index (χ4n) is 6.51. The molecule has 8 nitrogen and oxygen atoms in total. The molecule has 5 rings (SSSR count). The van der Waals surface area contributed by atoms with Crippen LogP contribution in [0.2, 0.25) is 5.02 Å². The zero-order chi connectivity index (χ0) is 32.5. The molecule has 2 N–H and O–H groups in total. The Morgan fingerprint density at radius 3 is 2.22 bits per heavy atom. The summed E-state index contributed by atoms with van der Waals surface area (Å²) in [6.45, 7) is 10.9. The topological polar surface area (TPSA) is 91.3 Å². The molecule has 2 aliphatic heterocycles. The van der Waals surface area contributed by atoms with E-state index in [1.807, 2.05) is 105 Å². The number of nitrogens with one attached hydrogen (secondary N) is 1. The van der Waals surface area contributed by atoms with Crippen molar-refractivity contribution in [2.75, 3.05) is 25.1 Å². The Balaban J connectivity index is 1.45. The summed E-state index contributed by atoms with van der Waals surface area (Å²) in [5.41, 5.74) is 3.18. The number of methoxy groups -OCH3 is 1. The predicted octanol–water partition coefficient (Wildman–Crippen LogP) is 6.85. The Morgan fingerprint density at radius 2 is 1.64 bits per heavy atom. The Morgan fingerprint density at radius 1 is 1.00 bits per heavy atom. The molecule has 3 aromatic carbocycles. The number of carbonyl (C=O) groups excluding carboxylic acids is 2. The van der Waals surface area contributed by atoms with Crippen LogP contribution in [0.4, 0.5) is 10.5 Å². The molecule has 240 valence electrons. The normalized spacial score (nSPS) is 18.5. The quantitative estimate of drug-likeness (QED) is 0.283. The second kappa shape index (κ2) is 13.3. The van der Waals surface area contributed by atoms with Gasteiger partial charge in [0.1, 0.15) is 0 Å². The number of halogens is 1. The third kappa shape index (κ3) is 6.92. The summed E-state index contributed by atoms with van der Waals surface area (Å²) < 4.78 is 11.7. The molecule has 0 saturated carbocycles. The van der Waals surface area contributed by atoms with E-state index in [0.717, 1.165) is 27.9 Å². The van der Waals surface area contributed by atoms with Gasteiger partial charge < -0.3 is 29.7 Å². The number of carbonyl (C=O) groups is 2. The first-order chi connectivity index (χ1) is 21.4. The van der Waals surface area contributed by atoms with Gasteiger partial charge in [-0.15, -0.1) is 0 Å². The molecule has 0 bridgehead atoms. The van der Waals surface area contributed by atoms with Gasteiger partial charge in [0.15, 0.2) is 11.5 Å². The highest BCUT2D eigenvalue weighted by atomic mass is 35.5.